The van der Waals surface area contributed by atoms with E-state index in [9.17, 15) is 0 Å². The Kier molecular flexibility index (Phi) is 4.69. The van der Waals surface area contributed by atoms with Crippen molar-refractivity contribution < 1.29 is 0 Å². The quantitative estimate of drug-likeness (QED) is 0.832. The van der Waals surface area contributed by atoms with E-state index in [4.69, 9.17) is 0 Å². The lowest BCUT2D eigenvalue weighted by atomic mass is 9.70. The highest BCUT2D eigenvalue weighted by Crippen LogP contribution is 2.43. The molecule has 0 aromatic heterocycles. The Morgan fingerprint density at radius 2 is 1.90 bits per heavy atom. The predicted molar refractivity (Wildman–Crippen MR) is 90.7 cm³/mol. The average Bonchev–Trinajstić information content (AvgIpc) is 2.48. The first kappa shape index (κ1) is 15.1. The molecule has 2 aliphatic rings. The molecule has 1 saturated heterocycles. The number of hydrogen-bond acceptors (Lipinski definition) is 1. The monoisotopic (exact) mass is 285 g/mol. The van der Waals surface area contributed by atoms with Gasteiger partial charge in [0.1, 0.15) is 0 Å². The maximum absolute atomic E-state index is 3.53. The van der Waals surface area contributed by atoms with Crippen LogP contribution in [-0.2, 0) is 6.42 Å². The summed E-state index contributed by atoms with van der Waals surface area (Å²) in [6, 6.07) is 9.62. The molecule has 1 aromatic rings. The Morgan fingerprint density at radius 3 is 2.57 bits per heavy atom. The van der Waals surface area contributed by atoms with E-state index in [0.717, 1.165) is 11.8 Å². The second-order valence-corrected chi connectivity index (χ2v) is 8.12. The molecule has 0 bridgehead atoms. The molecular formula is C20H31N. The molecule has 1 heterocycles. The molecule has 21 heavy (non-hydrogen) atoms. The first-order chi connectivity index (χ1) is 10.1. The summed E-state index contributed by atoms with van der Waals surface area (Å²) in [5.74, 6) is 1.64. The molecule has 1 nitrogen and oxygen atoms in total. The molecule has 3 rings (SSSR count). The minimum Gasteiger partial charge on any atom is -0.316 e. The summed E-state index contributed by atoms with van der Waals surface area (Å²) in [5, 5.41) is 3.53. The van der Waals surface area contributed by atoms with Crippen LogP contribution in [0.1, 0.15) is 69.4 Å². The van der Waals surface area contributed by atoms with Gasteiger partial charge in [0.2, 0.25) is 0 Å². The van der Waals surface area contributed by atoms with Gasteiger partial charge in [-0.2, -0.15) is 0 Å². The SMILES string of the molecule is CC1(C)CCCC(c2ccc(CC3CCCNC3)cc2)C1. The fraction of sp³-hybridized carbons (Fsp3) is 0.700. The number of hydrogen-bond donors (Lipinski definition) is 1. The molecule has 1 aliphatic heterocycles. The number of benzene rings is 1. The number of nitrogens with one attached hydrogen (secondary N) is 1. The molecule has 1 saturated carbocycles. The van der Waals surface area contributed by atoms with Gasteiger partial charge >= 0.3 is 0 Å². The van der Waals surface area contributed by atoms with Gasteiger partial charge in [0.05, 0.1) is 0 Å². The summed E-state index contributed by atoms with van der Waals surface area (Å²) >= 11 is 0. The van der Waals surface area contributed by atoms with Crippen molar-refractivity contribution in [1.82, 2.24) is 5.32 Å². The molecule has 0 radical (unpaired) electrons. The van der Waals surface area contributed by atoms with Crippen LogP contribution in [0.25, 0.3) is 0 Å². The van der Waals surface area contributed by atoms with Gasteiger partial charge < -0.3 is 5.32 Å². The van der Waals surface area contributed by atoms with Crippen LogP contribution in [0.4, 0.5) is 0 Å². The first-order valence-corrected chi connectivity index (χ1v) is 8.92. The van der Waals surface area contributed by atoms with E-state index < -0.39 is 0 Å². The van der Waals surface area contributed by atoms with Crippen LogP contribution < -0.4 is 5.32 Å². The summed E-state index contributed by atoms with van der Waals surface area (Å²) < 4.78 is 0. The molecule has 0 amide bonds. The fourth-order valence-corrected chi connectivity index (χ4v) is 4.34. The van der Waals surface area contributed by atoms with Gasteiger partial charge in [0.25, 0.3) is 0 Å². The highest BCUT2D eigenvalue weighted by molar-refractivity contribution is 5.26. The molecule has 2 unspecified atom stereocenters. The normalized spacial score (nSPS) is 29.2. The molecule has 116 valence electrons. The minimum atomic E-state index is 0.537. The predicted octanol–water partition coefficient (Wildman–Crippen LogP) is 4.91. The fourth-order valence-electron chi connectivity index (χ4n) is 4.34. The summed E-state index contributed by atoms with van der Waals surface area (Å²) in [6.07, 6.45) is 9.53. The van der Waals surface area contributed by atoms with E-state index in [1.807, 2.05) is 0 Å². The molecule has 1 aromatic carbocycles. The van der Waals surface area contributed by atoms with E-state index in [1.165, 1.54) is 63.6 Å². The second kappa shape index (κ2) is 6.52. The largest absolute Gasteiger partial charge is 0.316 e. The summed E-state index contributed by atoms with van der Waals surface area (Å²) in [6.45, 7) is 7.29. The number of rotatable bonds is 3. The third-order valence-corrected chi connectivity index (χ3v) is 5.58. The van der Waals surface area contributed by atoms with Crippen LogP contribution in [0.2, 0.25) is 0 Å². The van der Waals surface area contributed by atoms with Gasteiger partial charge in [-0.3, -0.25) is 0 Å². The van der Waals surface area contributed by atoms with E-state index >= 15 is 0 Å². The highest BCUT2D eigenvalue weighted by Gasteiger charge is 2.28. The van der Waals surface area contributed by atoms with Crippen LogP contribution in [0.3, 0.4) is 0 Å². The maximum atomic E-state index is 3.53. The van der Waals surface area contributed by atoms with E-state index in [2.05, 4.69) is 43.4 Å². The van der Waals surface area contributed by atoms with Gasteiger partial charge in [-0.05, 0) is 80.0 Å². The van der Waals surface area contributed by atoms with Gasteiger partial charge in [-0.1, -0.05) is 44.5 Å². The van der Waals surface area contributed by atoms with Crippen LogP contribution in [0.5, 0.6) is 0 Å². The van der Waals surface area contributed by atoms with Crippen LogP contribution in [0, 0.1) is 11.3 Å². The first-order valence-electron chi connectivity index (χ1n) is 8.92. The van der Waals surface area contributed by atoms with Crippen molar-refractivity contribution in [1.29, 1.82) is 0 Å². The highest BCUT2D eigenvalue weighted by atomic mass is 14.9. The molecule has 0 spiro atoms. The molecule has 2 fully saturated rings. The van der Waals surface area contributed by atoms with Crippen molar-refractivity contribution in [2.24, 2.45) is 11.3 Å². The van der Waals surface area contributed by atoms with E-state index in [-0.39, 0.29) is 0 Å². The molecular weight excluding hydrogens is 254 g/mol. The summed E-state index contributed by atoms with van der Waals surface area (Å²) in [7, 11) is 0. The van der Waals surface area contributed by atoms with Gasteiger partial charge in [-0.15, -0.1) is 0 Å². The van der Waals surface area contributed by atoms with Crippen molar-refractivity contribution in [2.45, 2.75) is 64.7 Å². The van der Waals surface area contributed by atoms with Gasteiger partial charge in [0.15, 0.2) is 0 Å². The summed E-state index contributed by atoms with van der Waals surface area (Å²) in [4.78, 5) is 0. The van der Waals surface area contributed by atoms with Crippen LogP contribution in [-0.4, -0.2) is 13.1 Å². The lowest BCUT2D eigenvalue weighted by Gasteiger charge is -2.35. The smallest absolute Gasteiger partial charge is 0.00173 e. The zero-order valence-corrected chi connectivity index (χ0v) is 13.8. The molecule has 2 atom stereocenters. The van der Waals surface area contributed by atoms with E-state index in [0.29, 0.717) is 5.41 Å². The number of piperidine rings is 1. The van der Waals surface area contributed by atoms with Crippen molar-refractivity contribution in [2.75, 3.05) is 13.1 Å². The average molecular weight is 285 g/mol. The summed E-state index contributed by atoms with van der Waals surface area (Å²) in [5.41, 5.74) is 3.64. The molecule has 1 N–H and O–H groups in total. The standard InChI is InChI=1S/C20H31N/c1-20(2)11-3-6-19(14-20)18-9-7-16(8-10-18)13-17-5-4-12-21-15-17/h7-10,17,19,21H,3-6,11-15H2,1-2H3. The Labute approximate surface area is 130 Å². The lowest BCUT2D eigenvalue weighted by Crippen LogP contribution is -2.30. The zero-order chi connectivity index (χ0) is 14.7. The third kappa shape index (κ3) is 4.10. The van der Waals surface area contributed by atoms with Gasteiger partial charge in [-0.25, -0.2) is 0 Å². The lowest BCUT2D eigenvalue weighted by molar-refractivity contribution is 0.219. The van der Waals surface area contributed by atoms with Gasteiger partial charge in [0, 0.05) is 0 Å². The Balaban J connectivity index is 1.61. The van der Waals surface area contributed by atoms with E-state index in [1.54, 1.807) is 5.56 Å². The second-order valence-electron chi connectivity index (χ2n) is 8.12. The minimum absolute atomic E-state index is 0.537. The Bertz CT molecular complexity index is 439. The Morgan fingerprint density at radius 1 is 1.10 bits per heavy atom. The Hall–Kier alpha value is -0.820. The van der Waals surface area contributed by atoms with Crippen molar-refractivity contribution in [3.05, 3.63) is 35.4 Å². The third-order valence-electron chi connectivity index (χ3n) is 5.58. The van der Waals surface area contributed by atoms with Crippen LogP contribution in [0.15, 0.2) is 24.3 Å². The molecule has 1 aliphatic carbocycles. The maximum Gasteiger partial charge on any atom is -0.00173 e. The topological polar surface area (TPSA) is 12.0 Å². The molecule has 1 heteroatoms. The van der Waals surface area contributed by atoms with Crippen LogP contribution >= 0.6 is 0 Å². The van der Waals surface area contributed by atoms with Crippen molar-refractivity contribution >= 4 is 0 Å². The van der Waals surface area contributed by atoms with Crippen molar-refractivity contribution in [3.8, 4) is 0 Å². The zero-order valence-electron chi connectivity index (χ0n) is 13.8. The van der Waals surface area contributed by atoms with Crippen molar-refractivity contribution in [3.63, 3.8) is 0 Å².